The number of thiophene rings is 1. The first-order valence-electron chi connectivity index (χ1n) is 6.55. The van der Waals surface area contributed by atoms with Gasteiger partial charge in [0.25, 0.3) is 0 Å². The van der Waals surface area contributed by atoms with Gasteiger partial charge in [-0.2, -0.15) is 0 Å². The predicted octanol–water partition coefficient (Wildman–Crippen LogP) is 3.51. The quantitative estimate of drug-likeness (QED) is 0.570. The summed E-state index contributed by atoms with van der Waals surface area (Å²) in [7, 11) is 0. The topological polar surface area (TPSA) is 63.8 Å². The molecule has 0 bridgehead atoms. The Balaban J connectivity index is 2.18. The molecule has 5 heteroatoms. The van der Waals surface area contributed by atoms with Crippen LogP contribution >= 0.6 is 11.3 Å². The molecule has 0 aliphatic heterocycles. The minimum atomic E-state index is 0.682. The van der Waals surface area contributed by atoms with E-state index in [-0.39, 0.29) is 0 Å². The summed E-state index contributed by atoms with van der Waals surface area (Å²) in [5.41, 5.74) is 4.90. The van der Waals surface area contributed by atoms with Crippen LogP contribution in [0.2, 0.25) is 0 Å². The van der Waals surface area contributed by atoms with Gasteiger partial charge in [-0.05, 0) is 19.4 Å². The molecule has 0 fully saturated rings. The molecule has 2 heterocycles. The minimum absolute atomic E-state index is 0.682. The number of nitrogen functional groups attached to an aromatic ring is 1. The summed E-state index contributed by atoms with van der Waals surface area (Å²) in [5.74, 6) is 6.99. The number of nitrogens with one attached hydrogen (secondary N) is 1. The molecule has 0 aliphatic carbocycles. The maximum atomic E-state index is 5.60. The zero-order valence-electron chi connectivity index (χ0n) is 11.5. The number of rotatable bonds is 3. The second kappa shape index (κ2) is 5.19. The fourth-order valence-corrected chi connectivity index (χ4v) is 3.05. The second-order valence-corrected chi connectivity index (χ2v) is 5.81. The number of hydrazine groups is 1. The Morgan fingerprint density at radius 1 is 1.20 bits per heavy atom. The smallest absolute Gasteiger partial charge is 0.163 e. The van der Waals surface area contributed by atoms with Crippen molar-refractivity contribution in [3.63, 3.8) is 0 Å². The Bertz CT molecular complexity index is 746. The molecule has 0 aliphatic rings. The van der Waals surface area contributed by atoms with Gasteiger partial charge in [-0.3, -0.25) is 0 Å². The fraction of sp³-hybridized carbons (Fsp3) is 0.200. The van der Waals surface area contributed by atoms with Gasteiger partial charge in [-0.25, -0.2) is 15.8 Å². The molecule has 0 saturated heterocycles. The van der Waals surface area contributed by atoms with Crippen molar-refractivity contribution in [2.45, 2.75) is 20.3 Å². The largest absolute Gasteiger partial charge is 0.308 e. The maximum absolute atomic E-state index is 5.60. The number of nitrogens with zero attached hydrogens (tertiary/aromatic N) is 2. The standard InChI is InChI=1S/C15H16N4S/c1-3-11-8-12-14(19-16)17-13(18-15(12)20-11)10-6-4-9(2)5-7-10/h4-8H,3,16H2,1-2H3,(H,17,18,19). The van der Waals surface area contributed by atoms with E-state index in [4.69, 9.17) is 5.84 Å². The molecular formula is C15H16N4S. The van der Waals surface area contributed by atoms with Gasteiger partial charge in [0.05, 0.1) is 5.39 Å². The van der Waals surface area contributed by atoms with Crippen LogP contribution in [0.25, 0.3) is 21.6 Å². The van der Waals surface area contributed by atoms with Crippen molar-refractivity contribution in [3.05, 3.63) is 40.8 Å². The van der Waals surface area contributed by atoms with Gasteiger partial charge in [-0.15, -0.1) is 11.3 Å². The van der Waals surface area contributed by atoms with Crippen molar-refractivity contribution < 1.29 is 0 Å². The fourth-order valence-electron chi connectivity index (χ4n) is 2.09. The number of anilines is 1. The molecule has 3 rings (SSSR count). The summed E-state index contributed by atoms with van der Waals surface area (Å²) in [6, 6.07) is 10.3. The van der Waals surface area contributed by atoms with Gasteiger partial charge in [-0.1, -0.05) is 36.8 Å². The Morgan fingerprint density at radius 3 is 2.60 bits per heavy atom. The lowest BCUT2D eigenvalue weighted by Crippen LogP contribution is -2.09. The molecule has 3 aromatic rings. The molecule has 3 N–H and O–H groups in total. The Labute approximate surface area is 121 Å². The van der Waals surface area contributed by atoms with Crippen molar-refractivity contribution in [3.8, 4) is 11.4 Å². The lowest BCUT2D eigenvalue weighted by atomic mass is 10.1. The van der Waals surface area contributed by atoms with Crippen molar-refractivity contribution in [2.75, 3.05) is 5.43 Å². The molecule has 4 nitrogen and oxygen atoms in total. The van der Waals surface area contributed by atoms with Crippen molar-refractivity contribution >= 4 is 27.4 Å². The molecule has 1 aromatic carbocycles. The SMILES string of the molecule is CCc1cc2c(NN)nc(-c3ccc(C)cc3)nc2s1. The van der Waals surface area contributed by atoms with E-state index in [0.717, 1.165) is 22.2 Å². The van der Waals surface area contributed by atoms with Crippen LogP contribution in [-0.4, -0.2) is 9.97 Å². The Morgan fingerprint density at radius 2 is 1.95 bits per heavy atom. The lowest BCUT2D eigenvalue weighted by molar-refractivity contribution is 1.18. The van der Waals surface area contributed by atoms with Crippen LogP contribution < -0.4 is 11.3 Å². The van der Waals surface area contributed by atoms with Crippen LogP contribution in [0.4, 0.5) is 5.82 Å². The van der Waals surface area contributed by atoms with Gasteiger partial charge in [0.2, 0.25) is 0 Å². The zero-order valence-corrected chi connectivity index (χ0v) is 12.3. The van der Waals surface area contributed by atoms with Gasteiger partial charge in [0.15, 0.2) is 11.6 Å². The van der Waals surface area contributed by atoms with Crippen LogP contribution in [0.3, 0.4) is 0 Å². The molecule has 0 amide bonds. The first-order chi connectivity index (χ1) is 9.71. The van der Waals surface area contributed by atoms with E-state index in [2.05, 4.69) is 47.4 Å². The molecule has 2 aromatic heterocycles. The predicted molar refractivity (Wildman–Crippen MR) is 84.8 cm³/mol. The number of benzene rings is 1. The maximum Gasteiger partial charge on any atom is 0.163 e. The normalized spacial score (nSPS) is 10.9. The van der Waals surface area contributed by atoms with Gasteiger partial charge in [0.1, 0.15) is 4.83 Å². The molecule has 0 unspecified atom stereocenters. The van der Waals surface area contributed by atoms with Crippen molar-refractivity contribution in [1.29, 1.82) is 0 Å². The Kier molecular flexibility index (Phi) is 3.38. The summed E-state index contributed by atoms with van der Waals surface area (Å²) in [6.07, 6.45) is 0.991. The molecule has 20 heavy (non-hydrogen) atoms. The summed E-state index contributed by atoms with van der Waals surface area (Å²) in [4.78, 5) is 11.4. The third-order valence-electron chi connectivity index (χ3n) is 3.24. The van der Waals surface area contributed by atoms with Crippen LogP contribution in [0.5, 0.6) is 0 Å². The zero-order chi connectivity index (χ0) is 14.1. The number of aryl methyl sites for hydroxylation is 2. The molecule has 0 saturated carbocycles. The van der Waals surface area contributed by atoms with E-state index < -0.39 is 0 Å². The summed E-state index contributed by atoms with van der Waals surface area (Å²) in [6.45, 7) is 4.20. The molecular weight excluding hydrogens is 268 g/mol. The first-order valence-corrected chi connectivity index (χ1v) is 7.37. The van der Waals surface area contributed by atoms with Gasteiger partial charge >= 0.3 is 0 Å². The van der Waals surface area contributed by atoms with Crippen molar-refractivity contribution in [2.24, 2.45) is 5.84 Å². The highest BCUT2D eigenvalue weighted by Crippen LogP contribution is 2.31. The van der Waals surface area contributed by atoms with Gasteiger partial charge in [0, 0.05) is 10.4 Å². The van der Waals surface area contributed by atoms with E-state index >= 15 is 0 Å². The summed E-state index contributed by atoms with van der Waals surface area (Å²) >= 11 is 1.69. The monoisotopic (exact) mass is 284 g/mol. The van der Waals surface area contributed by atoms with E-state index in [9.17, 15) is 0 Å². The number of aromatic nitrogens is 2. The highest BCUT2D eigenvalue weighted by Gasteiger charge is 2.11. The minimum Gasteiger partial charge on any atom is -0.308 e. The van der Waals surface area contributed by atoms with Crippen molar-refractivity contribution in [1.82, 2.24) is 9.97 Å². The number of hydrogen-bond acceptors (Lipinski definition) is 5. The average Bonchev–Trinajstić information content (AvgIpc) is 2.90. The molecule has 0 atom stereocenters. The van der Waals surface area contributed by atoms with E-state index in [1.807, 2.05) is 12.1 Å². The van der Waals surface area contributed by atoms with Crippen LogP contribution in [0.15, 0.2) is 30.3 Å². The highest BCUT2D eigenvalue weighted by atomic mass is 32.1. The van der Waals surface area contributed by atoms with Crippen LogP contribution in [0, 0.1) is 6.92 Å². The third kappa shape index (κ3) is 2.26. The van der Waals surface area contributed by atoms with Crippen LogP contribution in [-0.2, 0) is 6.42 Å². The number of fused-ring (bicyclic) bond motifs is 1. The van der Waals surface area contributed by atoms with E-state index in [1.54, 1.807) is 11.3 Å². The number of hydrogen-bond donors (Lipinski definition) is 2. The highest BCUT2D eigenvalue weighted by molar-refractivity contribution is 7.18. The second-order valence-electron chi connectivity index (χ2n) is 4.69. The van der Waals surface area contributed by atoms with Crippen LogP contribution in [0.1, 0.15) is 17.4 Å². The molecule has 0 radical (unpaired) electrons. The third-order valence-corrected chi connectivity index (χ3v) is 4.41. The number of nitrogens with two attached hydrogens (primary N) is 1. The summed E-state index contributed by atoms with van der Waals surface area (Å²) in [5, 5.41) is 0.991. The molecule has 102 valence electrons. The van der Waals surface area contributed by atoms with Gasteiger partial charge < -0.3 is 5.43 Å². The summed E-state index contributed by atoms with van der Waals surface area (Å²) < 4.78 is 0. The first kappa shape index (κ1) is 13.0. The molecule has 0 spiro atoms. The lowest BCUT2D eigenvalue weighted by Gasteiger charge is -2.05. The van der Waals surface area contributed by atoms with E-state index in [1.165, 1.54) is 10.4 Å². The van der Waals surface area contributed by atoms with E-state index in [0.29, 0.717) is 11.6 Å². The Hall–Kier alpha value is -1.98. The average molecular weight is 284 g/mol.